The predicted molar refractivity (Wildman–Crippen MR) is 73.1 cm³/mol. The zero-order valence-corrected chi connectivity index (χ0v) is 12.6. The van der Waals surface area contributed by atoms with Crippen LogP contribution < -0.4 is 5.73 Å². The fourth-order valence-corrected chi connectivity index (χ4v) is 3.98. The molecule has 0 amide bonds. The number of hydrogen-bond acceptors (Lipinski definition) is 4. The monoisotopic (exact) mass is 286 g/mol. The van der Waals surface area contributed by atoms with Crippen LogP contribution in [0.15, 0.2) is 15.4 Å². The zero-order valence-electron chi connectivity index (χ0n) is 11.8. The lowest BCUT2D eigenvalue weighted by molar-refractivity contribution is 0.195. The molecule has 0 atom stereocenters. The van der Waals surface area contributed by atoms with Crippen molar-refractivity contribution in [3.63, 3.8) is 0 Å². The van der Waals surface area contributed by atoms with Crippen molar-refractivity contribution in [2.75, 3.05) is 13.1 Å². The van der Waals surface area contributed by atoms with Gasteiger partial charge in [0.25, 0.3) is 0 Å². The van der Waals surface area contributed by atoms with Crippen LogP contribution in [0.5, 0.6) is 0 Å². The van der Waals surface area contributed by atoms with Crippen molar-refractivity contribution in [1.82, 2.24) is 4.31 Å². The van der Waals surface area contributed by atoms with E-state index in [9.17, 15) is 8.42 Å². The Hall–Kier alpha value is -0.850. The van der Waals surface area contributed by atoms with Crippen molar-refractivity contribution in [3.8, 4) is 0 Å². The molecule has 19 heavy (non-hydrogen) atoms. The van der Waals surface area contributed by atoms with Crippen LogP contribution in [0.1, 0.15) is 38.2 Å². The normalized spacial score (nSPS) is 20.6. The van der Waals surface area contributed by atoms with Crippen LogP contribution in [0.4, 0.5) is 0 Å². The van der Waals surface area contributed by atoms with Gasteiger partial charge in [-0.15, -0.1) is 0 Å². The molecule has 6 heteroatoms. The van der Waals surface area contributed by atoms with E-state index in [-0.39, 0.29) is 16.9 Å². The number of furan rings is 1. The summed E-state index contributed by atoms with van der Waals surface area (Å²) in [6.07, 6.45) is 1.76. The molecule has 0 saturated carbocycles. The molecule has 0 radical (unpaired) electrons. The van der Waals surface area contributed by atoms with E-state index < -0.39 is 10.0 Å². The van der Waals surface area contributed by atoms with Gasteiger partial charge < -0.3 is 10.2 Å². The fourth-order valence-electron chi connectivity index (χ4n) is 2.35. The van der Waals surface area contributed by atoms with Gasteiger partial charge in [0, 0.05) is 19.2 Å². The van der Waals surface area contributed by atoms with Crippen LogP contribution in [-0.4, -0.2) is 25.8 Å². The Morgan fingerprint density at radius 1 is 1.37 bits per heavy atom. The van der Waals surface area contributed by atoms with E-state index in [0.717, 1.165) is 12.8 Å². The Morgan fingerprint density at radius 3 is 2.42 bits per heavy atom. The lowest BCUT2D eigenvalue weighted by atomic mass is 9.83. The molecule has 2 N–H and O–H groups in total. The predicted octanol–water partition coefficient (Wildman–Crippen LogP) is 1.86. The average molecular weight is 286 g/mol. The topological polar surface area (TPSA) is 76.5 Å². The van der Waals surface area contributed by atoms with Crippen molar-refractivity contribution >= 4 is 10.0 Å². The number of rotatable bonds is 3. The van der Waals surface area contributed by atoms with Gasteiger partial charge in [-0.25, -0.2) is 8.42 Å². The highest BCUT2D eigenvalue weighted by atomic mass is 32.2. The molecule has 0 aromatic carbocycles. The fraction of sp³-hybridized carbons (Fsp3) is 0.692. The summed E-state index contributed by atoms with van der Waals surface area (Å²) in [5, 5.41) is 0. The highest BCUT2D eigenvalue weighted by molar-refractivity contribution is 7.89. The summed E-state index contributed by atoms with van der Waals surface area (Å²) < 4.78 is 32.0. The first-order chi connectivity index (χ1) is 8.76. The first kappa shape index (κ1) is 14.6. The molecule has 0 spiro atoms. The van der Waals surface area contributed by atoms with Gasteiger partial charge in [0.2, 0.25) is 10.0 Å². The van der Waals surface area contributed by atoms with Gasteiger partial charge in [-0.3, -0.25) is 0 Å². The maximum atomic E-state index is 12.6. The molecule has 108 valence electrons. The molecule has 0 bridgehead atoms. The summed E-state index contributed by atoms with van der Waals surface area (Å²) in [5.41, 5.74) is 5.71. The molecule has 1 aliphatic rings. The number of hydrogen-bond donors (Lipinski definition) is 1. The van der Waals surface area contributed by atoms with Gasteiger partial charge in [-0.2, -0.15) is 4.31 Å². The van der Waals surface area contributed by atoms with E-state index >= 15 is 0 Å². The molecule has 1 saturated heterocycles. The molecule has 0 unspecified atom stereocenters. The van der Waals surface area contributed by atoms with E-state index in [0.29, 0.717) is 24.6 Å². The first-order valence-corrected chi connectivity index (χ1v) is 8.00. The van der Waals surface area contributed by atoms with Crippen molar-refractivity contribution in [3.05, 3.63) is 17.6 Å². The Balaban J connectivity index is 2.25. The second-order valence-corrected chi connectivity index (χ2v) is 7.81. The van der Waals surface area contributed by atoms with E-state index in [1.165, 1.54) is 0 Å². The second-order valence-electron chi connectivity index (χ2n) is 5.91. The zero-order chi connectivity index (χ0) is 14.3. The third-order valence-electron chi connectivity index (χ3n) is 3.82. The minimum atomic E-state index is -3.45. The van der Waals surface area contributed by atoms with Crippen LogP contribution in [-0.2, 0) is 16.6 Å². The number of aryl methyl sites for hydroxylation is 1. The summed E-state index contributed by atoms with van der Waals surface area (Å²) in [6.45, 7) is 7.36. The van der Waals surface area contributed by atoms with Gasteiger partial charge in [-0.05, 0) is 25.2 Å². The number of nitrogens with zero attached hydrogens (tertiary/aromatic N) is 1. The lowest BCUT2D eigenvalue weighted by Crippen LogP contribution is -2.41. The van der Waals surface area contributed by atoms with Gasteiger partial charge in [-0.1, -0.05) is 13.8 Å². The maximum absolute atomic E-state index is 12.6. The number of piperidine rings is 1. The quantitative estimate of drug-likeness (QED) is 0.920. The molecule has 2 rings (SSSR count). The number of sulfonamides is 1. The van der Waals surface area contributed by atoms with Gasteiger partial charge >= 0.3 is 0 Å². The molecular weight excluding hydrogens is 264 g/mol. The molecule has 0 aliphatic carbocycles. The Morgan fingerprint density at radius 2 is 1.95 bits per heavy atom. The van der Waals surface area contributed by atoms with E-state index in [4.69, 9.17) is 10.2 Å². The summed E-state index contributed by atoms with van der Waals surface area (Å²) in [7, 11) is -3.45. The van der Waals surface area contributed by atoms with Crippen LogP contribution in [0.25, 0.3) is 0 Å². The summed E-state index contributed by atoms with van der Waals surface area (Å²) in [5.74, 6) is 0.929. The molecule has 1 aliphatic heterocycles. The molecule has 1 aromatic heterocycles. The van der Waals surface area contributed by atoms with Gasteiger partial charge in [0.1, 0.15) is 16.4 Å². The van der Waals surface area contributed by atoms with E-state index in [1.54, 1.807) is 17.3 Å². The number of nitrogens with two attached hydrogens (primary N) is 1. The third-order valence-corrected chi connectivity index (χ3v) is 5.82. The van der Waals surface area contributed by atoms with Crippen LogP contribution in [0, 0.1) is 12.3 Å². The van der Waals surface area contributed by atoms with Gasteiger partial charge in [0.15, 0.2) is 0 Å². The molecule has 1 fully saturated rings. The smallest absolute Gasteiger partial charge is 0.246 e. The van der Waals surface area contributed by atoms with Crippen molar-refractivity contribution in [2.45, 2.75) is 45.1 Å². The largest absolute Gasteiger partial charge is 0.464 e. The van der Waals surface area contributed by atoms with Crippen molar-refractivity contribution in [1.29, 1.82) is 0 Å². The van der Waals surface area contributed by atoms with Crippen molar-refractivity contribution < 1.29 is 12.8 Å². The van der Waals surface area contributed by atoms with E-state index in [1.807, 2.05) is 0 Å². The Labute approximate surface area is 114 Å². The maximum Gasteiger partial charge on any atom is 0.246 e. The third kappa shape index (κ3) is 2.85. The Bertz CT molecular complexity index is 550. The SMILES string of the molecule is Cc1oc(CN)cc1S(=O)(=O)N1CCC(C)(C)CC1. The lowest BCUT2D eigenvalue weighted by Gasteiger charge is -2.35. The summed E-state index contributed by atoms with van der Waals surface area (Å²) >= 11 is 0. The molecular formula is C13H22N2O3S. The molecule has 1 aromatic rings. The standard InChI is InChI=1S/C13H22N2O3S/c1-10-12(8-11(9-14)18-10)19(16,17)15-6-4-13(2,3)5-7-15/h8H,4-7,9,14H2,1-3H3. The van der Waals surface area contributed by atoms with Crippen LogP contribution in [0.3, 0.4) is 0 Å². The van der Waals surface area contributed by atoms with Crippen LogP contribution in [0.2, 0.25) is 0 Å². The summed E-state index contributed by atoms with van der Waals surface area (Å²) in [6, 6.07) is 1.55. The molecule has 2 heterocycles. The molecule has 5 nitrogen and oxygen atoms in total. The van der Waals surface area contributed by atoms with Crippen LogP contribution >= 0.6 is 0 Å². The van der Waals surface area contributed by atoms with Crippen molar-refractivity contribution in [2.24, 2.45) is 11.1 Å². The second kappa shape index (κ2) is 4.92. The van der Waals surface area contributed by atoms with E-state index in [2.05, 4.69) is 13.8 Å². The Kier molecular flexibility index (Phi) is 3.77. The highest BCUT2D eigenvalue weighted by Gasteiger charge is 2.34. The highest BCUT2D eigenvalue weighted by Crippen LogP contribution is 2.33. The average Bonchev–Trinajstić information content (AvgIpc) is 2.70. The van der Waals surface area contributed by atoms with Gasteiger partial charge in [0.05, 0.1) is 6.54 Å². The first-order valence-electron chi connectivity index (χ1n) is 6.56. The minimum absolute atomic E-state index is 0.212. The minimum Gasteiger partial charge on any atom is -0.464 e. The summed E-state index contributed by atoms with van der Waals surface area (Å²) in [4.78, 5) is 0.257.